The van der Waals surface area contributed by atoms with Crippen molar-refractivity contribution in [1.82, 2.24) is 9.78 Å². The predicted molar refractivity (Wildman–Crippen MR) is 134 cm³/mol. The Morgan fingerprint density at radius 2 is 1.81 bits per heavy atom. The second kappa shape index (κ2) is 9.98. The summed E-state index contributed by atoms with van der Waals surface area (Å²) >= 11 is 0. The maximum atomic E-state index is 13.7. The molecule has 0 aliphatic carbocycles. The van der Waals surface area contributed by atoms with Crippen LogP contribution < -0.4 is 8.92 Å². The Morgan fingerprint density at radius 3 is 2.43 bits per heavy atom. The summed E-state index contributed by atoms with van der Waals surface area (Å²) in [6.45, 7) is 3.56. The van der Waals surface area contributed by atoms with Gasteiger partial charge in [0.05, 0.1) is 29.7 Å². The Morgan fingerprint density at radius 1 is 1.11 bits per heavy atom. The Kier molecular flexibility index (Phi) is 7.11. The molecular formula is C24H25N3O8S2. The van der Waals surface area contributed by atoms with E-state index in [9.17, 15) is 21.6 Å². The molecule has 0 radical (unpaired) electrons. The van der Waals surface area contributed by atoms with E-state index in [1.165, 1.54) is 61.5 Å². The SMILES string of the molecule is CCn1ncc(C(=O)c2ccc3c(c2C)C(=NOC)CCS3(=O)=O)c1OS(=O)(=O)c1ccc(OC)cc1. The van der Waals surface area contributed by atoms with Gasteiger partial charge in [-0.15, -0.1) is 0 Å². The van der Waals surface area contributed by atoms with E-state index in [0.717, 1.165) is 0 Å². The van der Waals surface area contributed by atoms with E-state index < -0.39 is 25.7 Å². The van der Waals surface area contributed by atoms with Crippen molar-refractivity contribution in [3.05, 3.63) is 64.8 Å². The third-order valence-electron chi connectivity index (χ3n) is 5.98. The number of fused-ring (bicyclic) bond motifs is 1. The van der Waals surface area contributed by atoms with Crippen LogP contribution in [0.3, 0.4) is 0 Å². The van der Waals surface area contributed by atoms with Crippen LogP contribution >= 0.6 is 0 Å². The van der Waals surface area contributed by atoms with E-state index in [1.54, 1.807) is 13.8 Å². The number of rotatable bonds is 8. The van der Waals surface area contributed by atoms with Crippen LogP contribution in [-0.2, 0) is 31.3 Å². The number of carbonyl (C=O) groups excluding carboxylic acids is 1. The van der Waals surface area contributed by atoms with E-state index in [4.69, 9.17) is 13.8 Å². The van der Waals surface area contributed by atoms with Gasteiger partial charge in [0.15, 0.2) is 15.6 Å². The number of hydrogen-bond acceptors (Lipinski definition) is 10. The van der Waals surface area contributed by atoms with Crippen molar-refractivity contribution in [2.75, 3.05) is 20.0 Å². The number of ketones is 1. The van der Waals surface area contributed by atoms with Gasteiger partial charge < -0.3 is 13.8 Å². The number of nitrogens with zero attached hydrogens (tertiary/aromatic N) is 3. The molecule has 1 aromatic heterocycles. The number of ether oxygens (including phenoxy) is 1. The maximum Gasteiger partial charge on any atom is 0.340 e. The molecule has 11 nitrogen and oxygen atoms in total. The topological polar surface area (TPSA) is 143 Å². The Hall–Kier alpha value is -3.71. The van der Waals surface area contributed by atoms with Gasteiger partial charge in [0, 0.05) is 24.1 Å². The van der Waals surface area contributed by atoms with Crippen molar-refractivity contribution in [1.29, 1.82) is 0 Å². The van der Waals surface area contributed by atoms with Gasteiger partial charge in [-0.25, -0.2) is 13.1 Å². The summed E-state index contributed by atoms with van der Waals surface area (Å²) in [6.07, 6.45) is 1.36. The van der Waals surface area contributed by atoms with Crippen molar-refractivity contribution in [2.24, 2.45) is 5.16 Å². The number of sulfone groups is 1. The number of hydrogen-bond donors (Lipinski definition) is 0. The molecule has 13 heteroatoms. The highest BCUT2D eigenvalue weighted by molar-refractivity contribution is 7.91. The summed E-state index contributed by atoms with van der Waals surface area (Å²) in [6, 6.07) is 8.36. The van der Waals surface area contributed by atoms with Gasteiger partial charge in [0.1, 0.15) is 23.3 Å². The van der Waals surface area contributed by atoms with Gasteiger partial charge in [-0.1, -0.05) is 5.16 Å². The average molecular weight is 548 g/mol. The first-order valence-corrected chi connectivity index (χ1v) is 14.3. The first-order chi connectivity index (χ1) is 17.5. The third kappa shape index (κ3) is 4.83. The van der Waals surface area contributed by atoms with E-state index in [0.29, 0.717) is 22.6 Å². The van der Waals surface area contributed by atoms with Crippen LogP contribution in [0.25, 0.3) is 0 Å². The summed E-state index contributed by atoms with van der Waals surface area (Å²) < 4.78 is 63.1. The predicted octanol–water partition coefficient (Wildman–Crippen LogP) is 2.75. The lowest BCUT2D eigenvalue weighted by Crippen LogP contribution is -2.24. The average Bonchev–Trinajstić information content (AvgIpc) is 3.27. The summed E-state index contributed by atoms with van der Waals surface area (Å²) in [5.74, 6) is -0.493. The molecule has 0 N–H and O–H groups in total. The van der Waals surface area contributed by atoms with Crippen LogP contribution in [0.5, 0.6) is 11.6 Å². The molecule has 1 aliphatic heterocycles. The van der Waals surface area contributed by atoms with Crippen LogP contribution in [-0.4, -0.2) is 58.1 Å². The summed E-state index contributed by atoms with van der Waals surface area (Å²) in [7, 11) is -5.07. The normalized spacial score (nSPS) is 15.7. The molecule has 0 spiro atoms. The van der Waals surface area contributed by atoms with E-state index in [2.05, 4.69) is 10.3 Å². The number of oxime groups is 1. The highest BCUT2D eigenvalue weighted by Gasteiger charge is 2.33. The van der Waals surface area contributed by atoms with E-state index in [-0.39, 0.29) is 45.5 Å². The van der Waals surface area contributed by atoms with Gasteiger partial charge >= 0.3 is 10.1 Å². The highest BCUT2D eigenvalue weighted by atomic mass is 32.2. The van der Waals surface area contributed by atoms with Crippen LogP contribution in [0, 0.1) is 6.92 Å². The summed E-state index contributed by atoms with van der Waals surface area (Å²) in [5.41, 5.74) is 1.14. The van der Waals surface area contributed by atoms with Crippen molar-refractivity contribution in [3.8, 4) is 11.6 Å². The van der Waals surface area contributed by atoms with Gasteiger partial charge in [-0.2, -0.15) is 13.5 Å². The zero-order valence-corrected chi connectivity index (χ0v) is 22.2. The molecule has 1 aliphatic rings. The molecule has 0 saturated carbocycles. The Bertz CT molecular complexity index is 1610. The smallest absolute Gasteiger partial charge is 0.340 e. The highest BCUT2D eigenvalue weighted by Crippen LogP contribution is 2.33. The molecule has 0 saturated heterocycles. The molecule has 0 unspecified atom stereocenters. The lowest BCUT2D eigenvalue weighted by atomic mass is 9.93. The lowest BCUT2D eigenvalue weighted by molar-refractivity contribution is 0.103. The van der Waals surface area contributed by atoms with Gasteiger partial charge in [0.25, 0.3) is 0 Å². The van der Waals surface area contributed by atoms with Crippen LogP contribution in [0.1, 0.15) is 40.4 Å². The monoisotopic (exact) mass is 547 g/mol. The lowest BCUT2D eigenvalue weighted by Gasteiger charge is -2.21. The molecule has 4 rings (SSSR count). The molecule has 196 valence electrons. The van der Waals surface area contributed by atoms with Crippen LogP contribution in [0.4, 0.5) is 0 Å². The van der Waals surface area contributed by atoms with Gasteiger partial charge in [-0.05, 0) is 55.8 Å². The maximum absolute atomic E-state index is 13.7. The Balaban J connectivity index is 1.79. The first-order valence-electron chi connectivity index (χ1n) is 11.2. The standard InChI is InChI=1S/C24H25N3O8S2/c1-5-27-24(35-37(31,32)17-8-6-16(33-3)7-9-17)19(14-25-27)23(28)18-10-11-21-22(15(18)2)20(26-34-4)12-13-36(21,29)30/h6-11,14H,5,12-13H2,1-4H3. The molecule has 3 aromatic rings. The van der Waals surface area contributed by atoms with E-state index in [1.807, 2.05) is 0 Å². The minimum Gasteiger partial charge on any atom is -0.497 e. The molecule has 2 heterocycles. The largest absolute Gasteiger partial charge is 0.497 e. The first kappa shape index (κ1) is 26.4. The third-order valence-corrected chi connectivity index (χ3v) is 8.95. The van der Waals surface area contributed by atoms with Crippen molar-refractivity contribution >= 4 is 31.5 Å². The summed E-state index contributed by atoms with van der Waals surface area (Å²) in [4.78, 5) is 18.5. The molecule has 0 amide bonds. The quantitative estimate of drug-likeness (QED) is 0.236. The molecule has 0 atom stereocenters. The second-order valence-corrected chi connectivity index (χ2v) is 11.7. The fraction of sp³-hybridized carbons (Fsp3) is 0.292. The van der Waals surface area contributed by atoms with Gasteiger partial charge in [0.2, 0.25) is 5.88 Å². The number of methoxy groups -OCH3 is 1. The van der Waals surface area contributed by atoms with Gasteiger partial charge in [-0.3, -0.25) is 4.79 Å². The molecule has 2 aromatic carbocycles. The number of aryl methyl sites for hydroxylation is 1. The summed E-state index contributed by atoms with van der Waals surface area (Å²) in [5, 5.41) is 8.08. The molecular weight excluding hydrogens is 522 g/mol. The van der Waals surface area contributed by atoms with Crippen molar-refractivity contribution in [2.45, 2.75) is 36.6 Å². The van der Waals surface area contributed by atoms with Crippen LogP contribution in [0.15, 0.2) is 57.5 Å². The fourth-order valence-electron chi connectivity index (χ4n) is 4.10. The van der Waals surface area contributed by atoms with Crippen molar-refractivity contribution in [3.63, 3.8) is 0 Å². The zero-order chi connectivity index (χ0) is 27.0. The molecule has 0 bridgehead atoms. The molecule has 0 fully saturated rings. The number of aromatic nitrogens is 2. The van der Waals surface area contributed by atoms with Crippen LogP contribution in [0.2, 0.25) is 0 Å². The minimum atomic E-state index is -4.32. The molecule has 37 heavy (non-hydrogen) atoms. The number of carbonyl (C=O) groups is 1. The fourth-order valence-corrected chi connectivity index (χ4v) is 6.59. The zero-order valence-electron chi connectivity index (χ0n) is 20.6. The Labute approximate surface area is 214 Å². The van der Waals surface area contributed by atoms with Crippen molar-refractivity contribution < 1.29 is 35.4 Å². The minimum absolute atomic E-state index is 0.0615. The number of benzene rings is 2. The second-order valence-electron chi connectivity index (χ2n) is 8.12. The van der Waals surface area contributed by atoms with E-state index >= 15 is 0 Å².